The molecule has 84 valence electrons. The van der Waals surface area contributed by atoms with E-state index in [9.17, 15) is 0 Å². The second kappa shape index (κ2) is 4.75. The van der Waals surface area contributed by atoms with Crippen LogP contribution in [0, 0.1) is 12.3 Å². The standard InChI is InChI=1S/C13H22N2/c1-5-13(3,4)12(14)9-11-10(2)7-6-8-15-11/h6-8,12H,5,9,14H2,1-4H3. The molecule has 1 aromatic heterocycles. The predicted molar refractivity (Wildman–Crippen MR) is 64.7 cm³/mol. The van der Waals surface area contributed by atoms with Gasteiger partial charge in [0.25, 0.3) is 0 Å². The van der Waals surface area contributed by atoms with E-state index in [0.29, 0.717) is 0 Å². The van der Waals surface area contributed by atoms with Crippen LogP contribution in [0.15, 0.2) is 18.3 Å². The Labute approximate surface area is 92.9 Å². The summed E-state index contributed by atoms with van der Waals surface area (Å²) >= 11 is 0. The number of nitrogens with zero attached hydrogens (tertiary/aromatic N) is 1. The first-order valence-electron chi connectivity index (χ1n) is 5.63. The summed E-state index contributed by atoms with van der Waals surface area (Å²) in [5.74, 6) is 0. The molecular weight excluding hydrogens is 184 g/mol. The van der Waals surface area contributed by atoms with Crippen LogP contribution in [0.2, 0.25) is 0 Å². The second-order valence-electron chi connectivity index (χ2n) is 4.92. The number of pyridine rings is 1. The van der Waals surface area contributed by atoms with Gasteiger partial charge in [-0.15, -0.1) is 0 Å². The molecule has 0 saturated heterocycles. The minimum Gasteiger partial charge on any atom is -0.327 e. The first-order chi connectivity index (χ1) is 6.97. The highest BCUT2D eigenvalue weighted by Crippen LogP contribution is 2.25. The van der Waals surface area contributed by atoms with Crippen LogP contribution in [0.5, 0.6) is 0 Å². The molecule has 0 spiro atoms. The van der Waals surface area contributed by atoms with Crippen LogP contribution < -0.4 is 5.73 Å². The molecule has 2 nitrogen and oxygen atoms in total. The third kappa shape index (κ3) is 3.03. The van der Waals surface area contributed by atoms with E-state index in [2.05, 4.69) is 38.7 Å². The summed E-state index contributed by atoms with van der Waals surface area (Å²) < 4.78 is 0. The normalized spacial score (nSPS) is 13.9. The minimum absolute atomic E-state index is 0.177. The molecule has 1 atom stereocenters. The Bertz CT molecular complexity index is 318. The minimum atomic E-state index is 0.177. The lowest BCUT2D eigenvalue weighted by Crippen LogP contribution is -2.39. The predicted octanol–water partition coefficient (Wildman–Crippen LogP) is 2.70. The summed E-state index contributed by atoms with van der Waals surface area (Å²) in [5.41, 5.74) is 8.77. The molecule has 2 heteroatoms. The van der Waals surface area contributed by atoms with Gasteiger partial charge in [0.1, 0.15) is 0 Å². The highest BCUT2D eigenvalue weighted by atomic mass is 14.7. The van der Waals surface area contributed by atoms with Crippen LogP contribution in [0.4, 0.5) is 0 Å². The van der Waals surface area contributed by atoms with Crippen molar-refractivity contribution in [1.29, 1.82) is 0 Å². The van der Waals surface area contributed by atoms with Crippen molar-refractivity contribution in [3.63, 3.8) is 0 Å². The molecule has 15 heavy (non-hydrogen) atoms. The average Bonchev–Trinajstić information content (AvgIpc) is 2.21. The average molecular weight is 206 g/mol. The van der Waals surface area contributed by atoms with Gasteiger partial charge in [-0.1, -0.05) is 26.8 Å². The van der Waals surface area contributed by atoms with E-state index in [-0.39, 0.29) is 11.5 Å². The molecule has 1 aromatic rings. The van der Waals surface area contributed by atoms with Crippen molar-refractivity contribution in [3.8, 4) is 0 Å². The van der Waals surface area contributed by atoms with Crippen LogP contribution in [0.3, 0.4) is 0 Å². The van der Waals surface area contributed by atoms with E-state index in [1.54, 1.807) is 0 Å². The lowest BCUT2D eigenvalue weighted by atomic mass is 9.80. The number of hydrogen-bond donors (Lipinski definition) is 1. The largest absolute Gasteiger partial charge is 0.327 e. The summed E-state index contributed by atoms with van der Waals surface area (Å²) in [4.78, 5) is 4.39. The van der Waals surface area contributed by atoms with E-state index < -0.39 is 0 Å². The smallest absolute Gasteiger partial charge is 0.0448 e. The van der Waals surface area contributed by atoms with E-state index in [1.807, 2.05) is 12.3 Å². The van der Waals surface area contributed by atoms with E-state index in [0.717, 1.165) is 18.5 Å². The fourth-order valence-electron chi connectivity index (χ4n) is 1.48. The number of hydrogen-bond acceptors (Lipinski definition) is 2. The van der Waals surface area contributed by atoms with Crippen molar-refractivity contribution in [3.05, 3.63) is 29.6 Å². The monoisotopic (exact) mass is 206 g/mol. The molecule has 0 radical (unpaired) electrons. The fourth-order valence-corrected chi connectivity index (χ4v) is 1.48. The zero-order chi connectivity index (χ0) is 11.5. The van der Waals surface area contributed by atoms with Gasteiger partial charge in [0.05, 0.1) is 0 Å². The zero-order valence-electron chi connectivity index (χ0n) is 10.2. The lowest BCUT2D eigenvalue weighted by Gasteiger charge is -2.30. The van der Waals surface area contributed by atoms with Gasteiger partial charge in [0, 0.05) is 24.4 Å². The van der Waals surface area contributed by atoms with Crippen molar-refractivity contribution in [2.24, 2.45) is 11.1 Å². The van der Waals surface area contributed by atoms with Gasteiger partial charge in [-0.25, -0.2) is 0 Å². The molecule has 0 bridgehead atoms. The number of aryl methyl sites for hydroxylation is 1. The van der Waals surface area contributed by atoms with Gasteiger partial charge in [0.15, 0.2) is 0 Å². The van der Waals surface area contributed by atoms with Crippen LogP contribution in [0.1, 0.15) is 38.4 Å². The van der Waals surface area contributed by atoms with Crippen LogP contribution in [-0.2, 0) is 6.42 Å². The van der Waals surface area contributed by atoms with Gasteiger partial charge < -0.3 is 5.73 Å². The SMILES string of the molecule is CCC(C)(C)C(N)Cc1ncccc1C. The highest BCUT2D eigenvalue weighted by Gasteiger charge is 2.25. The van der Waals surface area contributed by atoms with Crippen molar-refractivity contribution < 1.29 is 0 Å². The zero-order valence-corrected chi connectivity index (χ0v) is 10.2. The molecule has 2 N–H and O–H groups in total. The maximum Gasteiger partial charge on any atom is 0.0448 e. The Kier molecular flexibility index (Phi) is 3.86. The third-order valence-corrected chi connectivity index (χ3v) is 3.45. The van der Waals surface area contributed by atoms with Gasteiger partial charge >= 0.3 is 0 Å². The number of aromatic nitrogens is 1. The third-order valence-electron chi connectivity index (χ3n) is 3.45. The lowest BCUT2D eigenvalue weighted by molar-refractivity contribution is 0.271. The number of rotatable bonds is 4. The van der Waals surface area contributed by atoms with Gasteiger partial charge in [-0.05, 0) is 30.4 Å². The molecule has 1 rings (SSSR count). The maximum absolute atomic E-state index is 6.22. The molecule has 0 aromatic carbocycles. The summed E-state index contributed by atoms with van der Waals surface area (Å²) in [7, 11) is 0. The van der Waals surface area contributed by atoms with Crippen LogP contribution in [-0.4, -0.2) is 11.0 Å². The van der Waals surface area contributed by atoms with Crippen LogP contribution >= 0.6 is 0 Å². The van der Waals surface area contributed by atoms with E-state index in [4.69, 9.17) is 5.73 Å². The molecule has 0 amide bonds. The van der Waals surface area contributed by atoms with E-state index >= 15 is 0 Å². The Morgan fingerprint density at radius 1 is 1.47 bits per heavy atom. The number of nitrogens with two attached hydrogens (primary N) is 1. The molecule has 1 unspecified atom stereocenters. The van der Waals surface area contributed by atoms with Crippen LogP contribution in [0.25, 0.3) is 0 Å². The molecule has 0 aliphatic heterocycles. The van der Waals surface area contributed by atoms with Crippen molar-refractivity contribution in [2.45, 2.75) is 46.6 Å². The van der Waals surface area contributed by atoms with Gasteiger partial charge in [0.2, 0.25) is 0 Å². The first kappa shape index (κ1) is 12.2. The molecule has 0 fully saturated rings. The topological polar surface area (TPSA) is 38.9 Å². The molecule has 0 aliphatic carbocycles. The first-order valence-corrected chi connectivity index (χ1v) is 5.63. The Balaban J connectivity index is 2.75. The molecule has 0 saturated carbocycles. The maximum atomic E-state index is 6.22. The Morgan fingerprint density at radius 2 is 2.13 bits per heavy atom. The molecular formula is C13H22N2. The Morgan fingerprint density at radius 3 is 2.67 bits per heavy atom. The van der Waals surface area contributed by atoms with Crippen molar-refractivity contribution >= 4 is 0 Å². The summed E-state index contributed by atoms with van der Waals surface area (Å²) in [6.07, 6.45) is 3.81. The summed E-state index contributed by atoms with van der Waals surface area (Å²) in [6.45, 7) is 8.71. The molecule has 0 aliphatic rings. The molecule has 1 heterocycles. The fraction of sp³-hybridized carbons (Fsp3) is 0.615. The Hall–Kier alpha value is -0.890. The quantitative estimate of drug-likeness (QED) is 0.822. The second-order valence-corrected chi connectivity index (χ2v) is 4.92. The summed E-state index contributed by atoms with van der Waals surface area (Å²) in [6, 6.07) is 4.24. The van der Waals surface area contributed by atoms with Crippen molar-refractivity contribution in [1.82, 2.24) is 4.98 Å². The van der Waals surface area contributed by atoms with Crippen molar-refractivity contribution in [2.75, 3.05) is 0 Å². The summed E-state index contributed by atoms with van der Waals surface area (Å²) in [5, 5.41) is 0. The highest BCUT2D eigenvalue weighted by molar-refractivity contribution is 5.18. The van der Waals surface area contributed by atoms with E-state index in [1.165, 1.54) is 5.56 Å². The van der Waals surface area contributed by atoms with Gasteiger partial charge in [-0.2, -0.15) is 0 Å². The van der Waals surface area contributed by atoms with Gasteiger partial charge in [-0.3, -0.25) is 4.98 Å².